The lowest BCUT2D eigenvalue weighted by molar-refractivity contribution is -0.122. The first kappa shape index (κ1) is 13.1. The van der Waals surface area contributed by atoms with E-state index in [2.05, 4.69) is 10.6 Å². The van der Waals surface area contributed by atoms with Crippen molar-refractivity contribution >= 4 is 11.6 Å². The largest absolute Gasteiger partial charge is 0.392 e. The van der Waals surface area contributed by atoms with Gasteiger partial charge in [-0.3, -0.25) is 4.79 Å². The Labute approximate surface area is 107 Å². The molecule has 0 spiro atoms. The molecular formula is C14H20N2O2. The fourth-order valence-corrected chi connectivity index (χ4v) is 2.27. The lowest BCUT2D eigenvalue weighted by Gasteiger charge is -2.33. The third-order valence-corrected chi connectivity index (χ3v) is 3.49. The van der Waals surface area contributed by atoms with E-state index in [1.807, 2.05) is 25.1 Å². The molecule has 1 unspecified atom stereocenters. The van der Waals surface area contributed by atoms with Gasteiger partial charge >= 0.3 is 0 Å². The molecule has 0 aromatic heterocycles. The first-order valence-corrected chi connectivity index (χ1v) is 6.40. The van der Waals surface area contributed by atoms with Gasteiger partial charge in [0.1, 0.15) is 0 Å². The van der Waals surface area contributed by atoms with Crippen LogP contribution in [0, 0.1) is 0 Å². The van der Waals surface area contributed by atoms with Crippen LogP contribution in [-0.4, -0.2) is 23.1 Å². The Morgan fingerprint density at radius 2 is 2.33 bits per heavy atom. The first-order valence-electron chi connectivity index (χ1n) is 6.40. The summed E-state index contributed by atoms with van der Waals surface area (Å²) in [5.74, 6) is -0.00251. The third kappa shape index (κ3) is 2.89. The van der Waals surface area contributed by atoms with Crippen LogP contribution in [0.2, 0.25) is 0 Å². The van der Waals surface area contributed by atoms with Crippen molar-refractivity contribution in [2.24, 2.45) is 0 Å². The highest BCUT2D eigenvalue weighted by Crippen LogP contribution is 2.21. The molecule has 1 heterocycles. The van der Waals surface area contributed by atoms with Crippen LogP contribution >= 0.6 is 0 Å². The van der Waals surface area contributed by atoms with Crippen LogP contribution in [0.4, 0.5) is 5.69 Å². The smallest absolute Gasteiger partial charge is 0.244 e. The fraction of sp³-hybridized carbons (Fsp3) is 0.500. The fourth-order valence-electron chi connectivity index (χ4n) is 2.27. The zero-order valence-corrected chi connectivity index (χ0v) is 10.7. The normalized spacial score (nSPS) is 23.7. The maximum atomic E-state index is 12.3. The lowest BCUT2D eigenvalue weighted by Crippen LogP contribution is -2.54. The molecule has 18 heavy (non-hydrogen) atoms. The van der Waals surface area contributed by atoms with E-state index >= 15 is 0 Å². The molecule has 4 nitrogen and oxygen atoms in total. The third-order valence-electron chi connectivity index (χ3n) is 3.49. The summed E-state index contributed by atoms with van der Waals surface area (Å²) >= 11 is 0. The summed E-state index contributed by atoms with van der Waals surface area (Å²) in [5.41, 5.74) is 1.06. The van der Waals surface area contributed by atoms with E-state index in [-0.39, 0.29) is 12.5 Å². The Morgan fingerprint density at radius 1 is 1.50 bits per heavy atom. The van der Waals surface area contributed by atoms with E-state index in [1.165, 1.54) is 0 Å². The number of anilines is 1. The summed E-state index contributed by atoms with van der Waals surface area (Å²) in [4.78, 5) is 12.3. The van der Waals surface area contributed by atoms with Gasteiger partial charge in [0.15, 0.2) is 0 Å². The van der Waals surface area contributed by atoms with Gasteiger partial charge in [-0.15, -0.1) is 0 Å². The van der Waals surface area contributed by atoms with Crippen molar-refractivity contribution in [2.75, 3.05) is 11.9 Å². The molecule has 0 saturated carbocycles. The molecule has 1 amide bonds. The quantitative estimate of drug-likeness (QED) is 0.762. The molecule has 1 aromatic rings. The van der Waals surface area contributed by atoms with E-state index in [9.17, 15) is 4.79 Å². The summed E-state index contributed by atoms with van der Waals surface area (Å²) in [5, 5.41) is 15.3. The molecule has 1 atom stereocenters. The average Bonchev–Trinajstić information content (AvgIpc) is 2.40. The molecule has 1 aliphatic heterocycles. The van der Waals surface area contributed by atoms with Gasteiger partial charge < -0.3 is 15.7 Å². The molecule has 1 fully saturated rings. The molecule has 1 aliphatic rings. The second kappa shape index (κ2) is 5.50. The van der Waals surface area contributed by atoms with Crippen LogP contribution < -0.4 is 10.6 Å². The van der Waals surface area contributed by atoms with Gasteiger partial charge in [-0.2, -0.15) is 0 Å². The minimum absolute atomic E-state index is 0.00251. The summed E-state index contributed by atoms with van der Waals surface area (Å²) in [6, 6.07) is 7.29. The number of nitrogens with one attached hydrogen (secondary N) is 2. The number of piperidine rings is 1. The minimum Gasteiger partial charge on any atom is -0.392 e. The second-order valence-electron chi connectivity index (χ2n) is 5.03. The zero-order valence-electron chi connectivity index (χ0n) is 10.7. The number of hydrogen-bond acceptors (Lipinski definition) is 3. The van der Waals surface area contributed by atoms with E-state index in [0.29, 0.717) is 0 Å². The van der Waals surface area contributed by atoms with Crippen LogP contribution in [0.3, 0.4) is 0 Å². The highest BCUT2D eigenvalue weighted by Gasteiger charge is 2.34. The van der Waals surface area contributed by atoms with Gasteiger partial charge in [0.05, 0.1) is 12.1 Å². The number of benzene rings is 1. The Hall–Kier alpha value is -1.39. The molecule has 3 N–H and O–H groups in total. The van der Waals surface area contributed by atoms with Crippen LogP contribution in [0.1, 0.15) is 31.7 Å². The maximum absolute atomic E-state index is 12.3. The Morgan fingerprint density at radius 3 is 3.00 bits per heavy atom. The van der Waals surface area contributed by atoms with Crippen LogP contribution in [0.25, 0.3) is 0 Å². The number of rotatable bonds is 3. The van der Waals surface area contributed by atoms with Gasteiger partial charge in [0.2, 0.25) is 5.91 Å². The predicted octanol–water partition coefficient (Wildman–Crippen LogP) is 1.65. The first-order chi connectivity index (χ1) is 8.64. The second-order valence-corrected chi connectivity index (χ2v) is 5.03. The van der Waals surface area contributed by atoms with Crippen LogP contribution in [0.15, 0.2) is 24.3 Å². The maximum Gasteiger partial charge on any atom is 0.244 e. The van der Waals surface area contributed by atoms with Gasteiger partial charge in [-0.1, -0.05) is 12.1 Å². The Balaban J connectivity index is 2.05. The number of aliphatic hydroxyl groups is 1. The van der Waals surface area contributed by atoms with Crippen LogP contribution in [0.5, 0.6) is 0 Å². The Bertz CT molecular complexity index is 426. The molecular weight excluding hydrogens is 228 g/mol. The van der Waals surface area contributed by atoms with Crippen molar-refractivity contribution in [3.05, 3.63) is 29.8 Å². The number of hydrogen-bond donors (Lipinski definition) is 3. The molecule has 1 saturated heterocycles. The van der Waals surface area contributed by atoms with Gasteiger partial charge in [0, 0.05) is 5.69 Å². The predicted molar refractivity (Wildman–Crippen MR) is 71.3 cm³/mol. The van der Waals surface area contributed by atoms with Crippen molar-refractivity contribution in [1.82, 2.24) is 5.32 Å². The number of carbonyl (C=O) groups is 1. The number of aliphatic hydroxyl groups excluding tert-OH is 1. The summed E-state index contributed by atoms with van der Waals surface area (Å²) < 4.78 is 0. The highest BCUT2D eigenvalue weighted by atomic mass is 16.3. The molecule has 4 heteroatoms. The molecule has 0 aliphatic carbocycles. The van der Waals surface area contributed by atoms with E-state index in [0.717, 1.165) is 37.1 Å². The number of amides is 1. The van der Waals surface area contributed by atoms with Crippen molar-refractivity contribution in [1.29, 1.82) is 0 Å². The average molecular weight is 248 g/mol. The molecule has 0 radical (unpaired) electrons. The van der Waals surface area contributed by atoms with Crippen molar-refractivity contribution in [2.45, 2.75) is 38.3 Å². The molecule has 2 rings (SSSR count). The van der Waals surface area contributed by atoms with Gasteiger partial charge in [0.25, 0.3) is 0 Å². The van der Waals surface area contributed by atoms with E-state index in [1.54, 1.807) is 6.07 Å². The molecule has 98 valence electrons. The van der Waals surface area contributed by atoms with Gasteiger partial charge in [-0.25, -0.2) is 0 Å². The minimum atomic E-state index is -0.479. The molecule has 0 bridgehead atoms. The van der Waals surface area contributed by atoms with Crippen molar-refractivity contribution in [3.8, 4) is 0 Å². The summed E-state index contributed by atoms with van der Waals surface area (Å²) in [6.45, 7) is 2.82. The van der Waals surface area contributed by atoms with Crippen molar-refractivity contribution in [3.63, 3.8) is 0 Å². The SMILES string of the molecule is CC1(C(=O)Nc2cccc(CO)c2)CCCCN1. The zero-order chi connectivity index (χ0) is 13.0. The van der Waals surface area contributed by atoms with Gasteiger partial charge in [-0.05, 0) is 50.4 Å². The van der Waals surface area contributed by atoms with E-state index < -0.39 is 5.54 Å². The highest BCUT2D eigenvalue weighted by molar-refractivity contribution is 5.97. The van der Waals surface area contributed by atoms with E-state index in [4.69, 9.17) is 5.11 Å². The summed E-state index contributed by atoms with van der Waals surface area (Å²) in [7, 11) is 0. The Kier molecular flexibility index (Phi) is 3.99. The molecule has 1 aromatic carbocycles. The number of carbonyl (C=O) groups excluding carboxylic acids is 1. The van der Waals surface area contributed by atoms with Crippen LogP contribution in [-0.2, 0) is 11.4 Å². The standard InChI is InChI=1S/C14H20N2O2/c1-14(7-2-3-8-15-14)13(18)16-12-6-4-5-11(9-12)10-17/h4-6,9,15,17H,2-3,7-8,10H2,1H3,(H,16,18). The van der Waals surface area contributed by atoms with Crippen molar-refractivity contribution < 1.29 is 9.90 Å². The summed E-state index contributed by atoms with van der Waals surface area (Å²) in [6.07, 6.45) is 3.06. The monoisotopic (exact) mass is 248 g/mol. The topological polar surface area (TPSA) is 61.4 Å². The lowest BCUT2D eigenvalue weighted by atomic mass is 9.90.